The molecule has 0 aliphatic heterocycles. The molecule has 0 atom stereocenters. The number of fused-ring (bicyclic) bond motifs is 1. The molecule has 0 saturated heterocycles. The van der Waals surface area contributed by atoms with Crippen molar-refractivity contribution in [3.8, 4) is 0 Å². The molecular formula is C14H15NO2. The predicted molar refractivity (Wildman–Crippen MR) is 67.2 cm³/mol. The highest BCUT2D eigenvalue weighted by Gasteiger charge is 2.09. The van der Waals surface area contributed by atoms with Gasteiger partial charge in [0, 0.05) is 43.5 Å². The third-order valence-electron chi connectivity index (χ3n) is 2.74. The molecule has 3 heteroatoms. The maximum atomic E-state index is 12.1. The molecule has 88 valence electrons. The van der Waals surface area contributed by atoms with E-state index in [2.05, 4.69) is 4.98 Å². The van der Waals surface area contributed by atoms with Gasteiger partial charge in [0.05, 0.1) is 0 Å². The molecule has 1 aromatic carbocycles. The number of nitrogens with zero attached hydrogens (tertiary/aromatic N) is 1. The zero-order valence-electron chi connectivity index (χ0n) is 9.85. The summed E-state index contributed by atoms with van der Waals surface area (Å²) in [7, 11) is 1.65. The summed E-state index contributed by atoms with van der Waals surface area (Å²) in [4.78, 5) is 16.1. The van der Waals surface area contributed by atoms with Crippen molar-refractivity contribution in [2.75, 3.05) is 13.7 Å². The second-order valence-corrected chi connectivity index (χ2v) is 3.92. The van der Waals surface area contributed by atoms with E-state index in [9.17, 15) is 4.79 Å². The van der Waals surface area contributed by atoms with Crippen molar-refractivity contribution in [2.24, 2.45) is 0 Å². The highest BCUT2D eigenvalue weighted by atomic mass is 16.5. The lowest BCUT2D eigenvalue weighted by Crippen LogP contribution is -2.02. The van der Waals surface area contributed by atoms with E-state index in [1.54, 1.807) is 19.5 Å². The lowest BCUT2D eigenvalue weighted by molar-refractivity contribution is 0.0965. The van der Waals surface area contributed by atoms with Crippen molar-refractivity contribution in [1.82, 2.24) is 4.98 Å². The average Bonchev–Trinajstić information content (AvgIpc) is 2.38. The zero-order valence-corrected chi connectivity index (χ0v) is 9.85. The summed E-state index contributed by atoms with van der Waals surface area (Å²) in [5, 5.41) is 1.98. The van der Waals surface area contributed by atoms with E-state index in [1.165, 1.54) is 0 Å². The Bertz CT molecular complexity index is 517. The summed E-state index contributed by atoms with van der Waals surface area (Å²) in [6, 6.07) is 7.68. The number of ketones is 1. The van der Waals surface area contributed by atoms with Gasteiger partial charge in [-0.15, -0.1) is 0 Å². The van der Waals surface area contributed by atoms with Crippen LogP contribution in [0.5, 0.6) is 0 Å². The molecule has 1 heterocycles. The van der Waals surface area contributed by atoms with Crippen molar-refractivity contribution >= 4 is 16.6 Å². The van der Waals surface area contributed by atoms with Crippen LogP contribution >= 0.6 is 0 Å². The van der Waals surface area contributed by atoms with E-state index in [0.717, 1.165) is 22.8 Å². The van der Waals surface area contributed by atoms with Crippen molar-refractivity contribution in [3.05, 3.63) is 42.2 Å². The third-order valence-corrected chi connectivity index (χ3v) is 2.74. The topological polar surface area (TPSA) is 39.2 Å². The minimum Gasteiger partial charge on any atom is -0.385 e. The quantitative estimate of drug-likeness (QED) is 0.584. The minimum absolute atomic E-state index is 0.153. The van der Waals surface area contributed by atoms with E-state index in [4.69, 9.17) is 4.74 Å². The number of aromatic nitrogens is 1. The fraction of sp³-hybridized carbons (Fsp3) is 0.286. The predicted octanol–water partition coefficient (Wildman–Crippen LogP) is 2.84. The Morgan fingerprint density at radius 2 is 2.24 bits per heavy atom. The van der Waals surface area contributed by atoms with Crippen LogP contribution in [-0.2, 0) is 4.74 Å². The smallest absolute Gasteiger partial charge is 0.163 e. The number of Topliss-reactive ketones (excluding diaryl/α,β-unsaturated/α-hetero) is 1. The molecular weight excluding hydrogens is 214 g/mol. The molecule has 0 aliphatic carbocycles. The molecule has 0 aliphatic rings. The molecule has 0 bridgehead atoms. The number of ether oxygens (including phenoxy) is 1. The summed E-state index contributed by atoms with van der Waals surface area (Å²) < 4.78 is 4.95. The fourth-order valence-electron chi connectivity index (χ4n) is 1.87. The second-order valence-electron chi connectivity index (χ2n) is 3.92. The Hall–Kier alpha value is -1.74. The van der Waals surface area contributed by atoms with E-state index >= 15 is 0 Å². The van der Waals surface area contributed by atoms with E-state index in [0.29, 0.717) is 13.0 Å². The SMILES string of the molecule is COCCCC(=O)c1cccc2ccncc12. The van der Waals surface area contributed by atoms with Gasteiger partial charge in [-0.25, -0.2) is 0 Å². The Morgan fingerprint density at radius 1 is 1.35 bits per heavy atom. The van der Waals surface area contributed by atoms with Crippen molar-refractivity contribution in [1.29, 1.82) is 0 Å². The number of rotatable bonds is 5. The monoisotopic (exact) mass is 229 g/mol. The highest BCUT2D eigenvalue weighted by molar-refractivity contribution is 6.07. The van der Waals surface area contributed by atoms with E-state index < -0.39 is 0 Å². The highest BCUT2D eigenvalue weighted by Crippen LogP contribution is 2.19. The Kier molecular flexibility index (Phi) is 3.83. The molecule has 2 rings (SSSR count). The molecule has 0 amide bonds. The number of hydrogen-bond acceptors (Lipinski definition) is 3. The summed E-state index contributed by atoms with van der Waals surface area (Å²) in [5.74, 6) is 0.153. The van der Waals surface area contributed by atoms with Gasteiger partial charge in [0.2, 0.25) is 0 Å². The van der Waals surface area contributed by atoms with Crippen LogP contribution in [0.4, 0.5) is 0 Å². The summed E-state index contributed by atoms with van der Waals surface area (Å²) >= 11 is 0. The van der Waals surface area contributed by atoms with Crippen molar-refractivity contribution in [3.63, 3.8) is 0 Å². The standard InChI is InChI=1S/C14H15NO2/c1-17-9-3-6-14(16)12-5-2-4-11-7-8-15-10-13(11)12/h2,4-5,7-8,10H,3,6,9H2,1H3. The number of benzene rings is 1. The van der Waals surface area contributed by atoms with Crippen molar-refractivity contribution in [2.45, 2.75) is 12.8 Å². The molecule has 3 nitrogen and oxygen atoms in total. The lowest BCUT2D eigenvalue weighted by atomic mass is 10.0. The van der Waals surface area contributed by atoms with Gasteiger partial charge in [0.1, 0.15) is 0 Å². The molecule has 0 fully saturated rings. The van der Waals surface area contributed by atoms with Gasteiger partial charge in [0.15, 0.2) is 5.78 Å². The minimum atomic E-state index is 0.153. The molecule has 17 heavy (non-hydrogen) atoms. The Morgan fingerprint density at radius 3 is 3.06 bits per heavy atom. The number of methoxy groups -OCH3 is 1. The summed E-state index contributed by atoms with van der Waals surface area (Å²) in [5.41, 5.74) is 0.756. The maximum absolute atomic E-state index is 12.1. The molecule has 1 aromatic heterocycles. The second kappa shape index (κ2) is 5.55. The van der Waals surface area contributed by atoms with Gasteiger partial charge in [0.25, 0.3) is 0 Å². The van der Waals surface area contributed by atoms with Crippen LogP contribution in [0.2, 0.25) is 0 Å². The maximum Gasteiger partial charge on any atom is 0.163 e. The first-order valence-corrected chi connectivity index (χ1v) is 5.68. The first kappa shape index (κ1) is 11.7. The molecule has 0 radical (unpaired) electrons. The van der Waals surface area contributed by atoms with Crippen LogP contribution in [-0.4, -0.2) is 24.5 Å². The molecule has 2 aromatic rings. The van der Waals surface area contributed by atoms with Gasteiger partial charge in [-0.2, -0.15) is 0 Å². The summed E-state index contributed by atoms with van der Waals surface area (Å²) in [6.07, 6.45) is 4.76. The van der Waals surface area contributed by atoms with Crippen LogP contribution < -0.4 is 0 Å². The number of hydrogen-bond donors (Lipinski definition) is 0. The Labute approximate surface area is 100 Å². The molecule has 0 spiro atoms. The van der Waals surface area contributed by atoms with E-state index in [-0.39, 0.29) is 5.78 Å². The van der Waals surface area contributed by atoms with Gasteiger partial charge < -0.3 is 4.74 Å². The van der Waals surface area contributed by atoms with Crippen molar-refractivity contribution < 1.29 is 9.53 Å². The Balaban J connectivity index is 2.26. The zero-order chi connectivity index (χ0) is 12.1. The largest absolute Gasteiger partial charge is 0.385 e. The molecule has 0 saturated carbocycles. The molecule has 0 unspecified atom stereocenters. The van der Waals surface area contributed by atoms with Crippen LogP contribution in [0, 0.1) is 0 Å². The number of pyridine rings is 1. The molecule has 0 N–H and O–H groups in total. The first-order valence-electron chi connectivity index (χ1n) is 5.68. The van der Waals surface area contributed by atoms with E-state index in [1.807, 2.05) is 24.3 Å². The van der Waals surface area contributed by atoms with Gasteiger partial charge >= 0.3 is 0 Å². The van der Waals surface area contributed by atoms with Crippen LogP contribution in [0.25, 0.3) is 10.8 Å². The van der Waals surface area contributed by atoms with Gasteiger partial charge in [-0.05, 0) is 17.9 Å². The van der Waals surface area contributed by atoms with Gasteiger partial charge in [-0.1, -0.05) is 18.2 Å². The van der Waals surface area contributed by atoms with Crippen LogP contribution in [0.1, 0.15) is 23.2 Å². The average molecular weight is 229 g/mol. The van der Waals surface area contributed by atoms with Crippen LogP contribution in [0.3, 0.4) is 0 Å². The summed E-state index contributed by atoms with van der Waals surface area (Å²) in [6.45, 7) is 0.620. The van der Waals surface area contributed by atoms with Crippen LogP contribution in [0.15, 0.2) is 36.7 Å². The number of carbonyl (C=O) groups excluding carboxylic acids is 1. The normalized spacial score (nSPS) is 10.6. The van der Waals surface area contributed by atoms with Gasteiger partial charge in [-0.3, -0.25) is 9.78 Å². The first-order chi connectivity index (χ1) is 8.33. The number of carbonyl (C=O) groups is 1. The third kappa shape index (κ3) is 2.68. The fourth-order valence-corrected chi connectivity index (χ4v) is 1.87. The lowest BCUT2D eigenvalue weighted by Gasteiger charge is -2.05.